The van der Waals surface area contributed by atoms with Gasteiger partial charge in [0.2, 0.25) is 0 Å². The molecule has 0 heterocycles. The van der Waals surface area contributed by atoms with Crippen molar-refractivity contribution in [3.63, 3.8) is 0 Å². The Balaban J connectivity index is -0.0000000844. The number of rotatable bonds is 2. The minimum atomic E-state index is 0. The summed E-state index contributed by atoms with van der Waals surface area (Å²) in [6.45, 7) is 33.7. The average molecular weight is 593 g/mol. The molecule has 0 saturated heterocycles. The quantitative estimate of drug-likeness (QED) is 0.216. The zero-order valence-electron chi connectivity index (χ0n) is 17.8. The van der Waals surface area contributed by atoms with Crippen molar-refractivity contribution in [2.24, 2.45) is 0 Å². The minimum absolute atomic E-state index is 0. The molecule has 0 aliphatic rings. The van der Waals surface area contributed by atoms with Crippen LogP contribution in [0.4, 0.5) is 0 Å². The fraction of sp³-hybridized carbons (Fsp3) is 0.167. The largest absolute Gasteiger partial charge is 0 e. The molecule has 0 amide bonds. The van der Waals surface area contributed by atoms with Crippen molar-refractivity contribution >= 4 is 20.5 Å². The van der Waals surface area contributed by atoms with E-state index in [1.807, 2.05) is 18.2 Å². The van der Waals surface area contributed by atoms with Crippen LogP contribution in [0.25, 0.3) is 4.47 Å². The minimum Gasteiger partial charge on any atom is 0 e. The molecule has 0 bridgehead atoms. The molecule has 0 fully saturated rings. The summed E-state index contributed by atoms with van der Waals surface area (Å²) in [6.07, 6.45) is 3.40. The van der Waals surface area contributed by atoms with Gasteiger partial charge in [0.1, 0.15) is 0 Å². The molecule has 0 aromatic heterocycles. The number of hydrogen-bond donors (Lipinski definition) is 0. The average Bonchev–Trinajstić information content (AvgIpc) is 2.87. The topological polar surface area (TPSA) is 119 Å². The van der Waals surface area contributed by atoms with Gasteiger partial charge >= 0.3 is 192 Å². The fourth-order valence-electron chi connectivity index (χ4n) is 1.85. The summed E-state index contributed by atoms with van der Waals surface area (Å²) in [6, 6.07) is 18.9. The van der Waals surface area contributed by atoms with Crippen molar-refractivity contribution in [3.8, 4) is 0 Å². The van der Waals surface area contributed by atoms with Gasteiger partial charge in [0.25, 0.3) is 0 Å². The summed E-state index contributed by atoms with van der Waals surface area (Å²) in [5.41, 5.74) is 3.82. The summed E-state index contributed by atoms with van der Waals surface area (Å²) in [7, 11) is 0. The molecule has 6 nitrogen and oxygen atoms in total. The van der Waals surface area contributed by atoms with Gasteiger partial charge in [-0.15, -0.1) is 0 Å². The molecule has 0 unspecified atom stereocenters. The van der Waals surface area contributed by atoms with Gasteiger partial charge < -0.3 is 0 Å². The van der Waals surface area contributed by atoms with E-state index in [0.29, 0.717) is 0 Å². The second kappa shape index (κ2) is 37.5. The molecule has 33 heavy (non-hydrogen) atoms. The third kappa shape index (κ3) is 26.3. The van der Waals surface area contributed by atoms with E-state index in [4.69, 9.17) is 27.9 Å². The van der Waals surface area contributed by atoms with E-state index in [2.05, 4.69) is 119 Å². The van der Waals surface area contributed by atoms with Gasteiger partial charge in [0.05, 0.1) is 0 Å². The van der Waals surface area contributed by atoms with Crippen molar-refractivity contribution in [3.05, 3.63) is 117 Å². The maximum Gasteiger partial charge on any atom is 0 e. The predicted molar refractivity (Wildman–Crippen MR) is 107 cm³/mol. The molecule has 0 aliphatic carbocycles. The van der Waals surface area contributed by atoms with Crippen LogP contribution in [0.2, 0.25) is 0 Å². The number of benzene rings is 2. The van der Waals surface area contributed by atoms with Crippen LogP contribution in [0.1, 0.15) is 37.5 Å². The van der Waals surface area contributed by atoms with Crippen molar-refractivity contribution < 1.29 is 62.1 Å². The van der Waals surface area contributed by atoms with Gasteiger partial charge in [0.15, 0.2) is 0 Å². The molecular formula is C24H18Fe2O6Se-. The van der Waals surface area contributed by atoms with Gasteiger partial charge in [-0.25, -0.2) is 0 Å². The molecule has 0 saturated carbocycles. The van der Waals surface area contributed by atoms with Gasteiger partial charge in [-0.05, 0) is 0 Å². The maximum atomic E-state index is 7.50. The Hall–Kier alpha value is -1.82. The summed E-state index contributed by atoms with van der Waals surface area (Å²) < 4.78 is 46.0. The van der Waals surface area contributed by atoms with Gasteiger partial charge in [-0.3, -0.25) is 0 Å². The van der Waals surface area contributed by atoms with Crippen LogP contribution >= 0.6 is 0 Å². The molecular weight excluding hydrogens is 575 g/mol. The van der Waals surface area contributed by atoms with Crippen LogP contribution in [0, 0.1) is 46.0 Å². The summed E-state index contributed by atoms with van der Waals surface area (Å²) in [5.74, 6) is 0. The first-order chi connectivity index (χ1) is 15.0. The monoisotopic (exact) mass is 594 g/mol. The number of hydrogen-bond acceptors (Lipinski definition) is 0. The van der Waals surface area contributed by atoms with E-state index >= 15 is 0 Å². The van der Waals surface area contributed by atoms with E-state index < -0.39 is 0 Å². The van der Waals surface area contributed by atoms with E-state index in [9.17, 15) is 0 Å². The van der Waals surface area contributed by atoms with E-state index in [1.54, 1.807) is 0 Å². The summed E-state index contributed by atoms with van der Waals surface area (Å²) in [4.78, 5) is 0. The van der Waals surface area contributed by atoms with E-state index in [1.165, 1.54) is 11.1 Å². The van der Waals surface area contributed by atoms with Crippen LogP contribution in [-0.2, 0) is 67.5 Å². The van der Waals surface area contributed by atoms with Crippen LogP contribution < -0.4 is 0 Å². The Morgan fingerprint density at radius 3 is 1.27 bits per heavy atom. The molecule has 2 aromatic carbocycles. The van der Waals surface area contributed by atoms with Crippen LogP contribution in [0.5, 0.6) is 0 Å². The zero-order valence-corrected chi connectivity index (χ0v) is 21.7. The molecule has 173 valence electrons. The van der Waals surface area contributed by atoms with Crippen LogP contribution in [0.15, 0.2) is 54.6 Å². The van der Waals surface area contributed by atoms with Crippen LogP contribution in [-0.4, -0.2) is 16.0 Å². The first-order valence-electron chi connectivity index (χ1n) is 7.66. The second-order valence-corrected chi connectivity index (χ2v) is 6.50. The Bertz CT molecular complexity index is 782. The first kappa shape index (κ1) is 48.6. The third-order valence-electron chi connectivity index (χ3n) is 3.04. The standard InChI is InChI=1S/C18H18Se.6CO.2Fe/c1-18(2,3)16-11-9-14(10-12-16)13-17(19)15-7-5-4-6-8-15;6*1-2;;/h4-12H,1-3H3;;;;;;;;/q-1;;;;;;;;. The Morgan fingerprint density at radius 1 is 0.636 bits per heavy atom. The molecule has 9 heteroatoms. The van der Waals surface area contributed by atoms with E-state index in [0.717, 1.165) is 10.0 Å². The second-order valence-electron chi connectivity index (χ2n) is 5.65. The molecule has 2 rings (SSSR count). The van der Waals surface area contributed by atoms with Crippen LogP contribution in [0.3, 0.4) is 0 Å². The Labute approximate surface area is 225 Å². The molecule has 2 aromatic rings. The Morgan fingerprint density at radius 2 is 0.970 bits per heavy atom. The smallest absolute Gasteiger partial charge is 0 e. The fourth-order valence-corrected chi connectivity index (χ4v) is 2.38. The van der Waals surface area contributed by atoms with Crippen molar-refractivity contribution in [1.29, 1.82) is 0 Å². The molecule has 0 aliphatic heterocycles. The SMILES string of the molecule is CC(C)(C)c1ccc([C-]=C([Se])c2ccccc2)cc1.[C-]#[O+].[C-]#[O+].[C-]#[O+].[C-]#[O+].[C-]#[O+].[C-]#[O+].[Fe].[Fe]. The predicted octanol–water partition coefficient (Wildman–Crippen LogP) is 4.11. The van der Waals surface area contributed by atoms with Crippen molar-refractivity contribution in [2.75, 3.05) is 0 Å². The normalized spacial score (nSPS) is 7.55. The van der Waals surface area contributed by atoms with Gasteiger partial charge in [-0.2, -0.15) is 0 Å². The van der Waals surface area contributed by atoms with E-state index in [-0.39, 0.29) is 39.6 Å². The molecule has 0 spiro atoms. The van der Waals surface area contributed by atoms with Gasteiger partial charge in [0, 0.05) is 34.1 Å². The summed E-state index contributed by atoms with van der Waals surface area (Å²) in [5, 5.41) is 0. The van der Waals surface area contributed by atoms with Gasteiger partial charge in [-0.1, -0.05) is 0 Å². The molecule has 0 atom stereocenters. The Kier molecular flexibility index (Phi) is 55.2. The van der Waals surface area contributed by atoms with Crippen molar-refractivity contribution in [2.45, 2.75) is 26.2 Å². The summed E-state index contributed by atoms with van der Waals surface area (Å²) >= 11 is 3.09. The zero-order chi connectivity index (χ0) is 25.9. The van der Waals surface area contributed by atoms with Crippen molar-refractivity contribution in [1.82, 2.24) is 0 Å². The first-order valence-corrected chi connectivity index (χ1v) is 8.52. The maximum absolute atomic E-state index is 7.50. The third-order valence-corrected chi connectivity index (χ3v) is 3.75. The molecule has 0 N–H and O–H groups in total. The molecule has 1 radical (unpaired) electrons.